The Morgan fingerprint density at radius 2 is 2.10 bits per heavy atom. The second kappa shape index (κ2) is 6.17. The fraction of sp³-hybridized carbons (Fsp3) is 0.214. The summed E-state index contributed by atoms with van der Waals surface area (Å²) in [6, 6.07) is 9.22. The van der Waals surface area contributed by atoms with Crippen molar-refractivity contribution in [1.29, 1.82) is 5.26 Å². The molecular weight excluding hydrogens is 276 g/mol. The molecular formula is C14H12N2O3S. The topological polar surface area (TPSA) is 72.2 Å². The second-order valence-electron chi connectivity index (χ2n) is 3.94. The summed E-state index contributed by atoms with van der Waals surface area (Å²) in [6.07, 6.45) is -0.784. The lowest BCUT2D eigenvalue weighted by atomic mass is 10.2. The van der Waals surface area contributed by atoms with Crippen molar-refractivity contribution < 1.29 is 14.3 Å². The van der Waals surface area contributed by atoms with Gasteiger partial charge in [-0.15, -0.1) is 11.3 Å². The monoisotopic (exact) mass is 288 g/mol. The Balaban J connectivity index is 2.16. The zero-order valence-electron chi connectivity index (χ0n) is 11.0. The minimum Gasteiger partial charge on any atom is -0.497 e. The molecule has 1 atom stereocenters. The average Bonchev–Trinajstić information content (AvgIpc) is 2.97. The number of rotatable bonds is 4. The van der Waals surface area contributed by atoms with Gasteiger partial charge in [-0.2, -0.15) is 5.26 Å². The SMILES string of the molecule is COc1ccc(-c2nc(C(=O)O[C@@H](C)C#N)cs2)cc1. The Hall–Kier alpha value is -2.39. The number of esters is 1. The van der Waals surface area contributed by atoms with E-state index in [0.717, 1.165) is 11.3 Å². The van der Waals surface area contributed by atoms with Crippen molar-refractivity contribution in [2.24, 2.45) is 0 Å². The lowest BCUT2D eigenvalue weighted by Gasteiger charge is -2.03. The maximum atomic E-state index is 11.7. The van der Waals surface area contributed by atoms with Gasteiger partial charge >= 0.3 is 5.97 Å². The molecule has 0 aliphatic rings. The molecule has 0 N–H and O–H groups in total. The highest BCUT2D eigenvalue weighted by Gasteiger charge is 2.15. The predicted octanol–water partition coefficient (Wildman–Crippen LogP) is 2.89. The average molecular weight is 288 g/mol. The Morgan fingerprint density at radius 3 is 2.70 bits per heavy atom. The molecule has 2 rings (SSSR count). The molecule has 0 fully saturated rings. The number of nitriles is 1. The maximum absolute atomic E-state index is 11.7. The third kappa shape index (κ3) is 3.13. The van der Waals surface area contributed by atoms with Gasteiger partial charge in [0.05, 0.1) is 7.11 Å². The molecule has 0 unspecified atom stereocenters. The fourth-order valence-electron chi connectivity index (χ4n) is 1.48. The van der Waals surface area contributed by atoms with Crippen LogP contribution in [-0.4, -0.2) is 24.2 Å². The molecule has 102 valence electrons. The number of aromatic nitrogens is 1. The van der Waals surface area contributed by atoms with Crippen molar-refractivity contribution in [3.05, 3.63) is 35.3 Å². The highest BCUT2D eigenvalue weighted by atomic mass is 32.1. The number of carbonyl (C=O) groups excluding carboxylic acids is 1. The normalized spacial score (nSPS) is 11.4. The van der Waals surface area contributed by atoms with Gasteiger partial charge in [-0.25, -0.2) is 9.78 Å². The van der Waals surface area contributed by atoms with E-state index in [2.05, 4.69) is 4.98 Å². The number of thiazole rings is 1. The van der Waals surface area contributed by atoms with E-state index >= 15 is 0 Å². The molecule has 0 amide bonds. The van der Waals surface area contributed by atoms with E-state index in [0.29, 0.717) is 5.01 Å². The summed E-state index contributed by atoms with van der Waals surface area (Å²) in [5.41, 5.74) is 1.10. The van der Waals surface area contributed by atoms with E-state index in [9.17, 15) is 4.79 Å². The van der Waals surface area contributed by atoms with Gasteiger partial charge in [0.15, 0.2) is 11.8 Å². The van der Waals surface area contributed by atoms with Gasteiger partial charge in [-0.3, -0.25) is 0 Å². The Kier molecular flexibility index (Phi) is 4.33. The first-order chi connectivity index (χ1) is 9.63. The Morgan fingerprint density at radius 1 is 1.40 bits per heavy atom. The number of ether oxygens (including phenoxy) is 2. The molecule has 0 bridgehead atoms. The molecule has 0 spiro atoms. The molecule has 20 heavy (non-hydrogen) atoms. The fourth-order valence-corrected chi connectivity index (χ4v) is 2.28. The van der Waals surface area contributed by atoms with Crippen LogP contribution in [0.2, 0.25) is 0 Å². The number of carbonyl (C=O) groups is 1. The number of hydrogen-bond acceptors (Lipinski definition) is 6. The number of benzene rings is 1. The van der Waals surface area contributed by atoms with Crippen LogP contribution in [0.1, 0.15) is 17.4 Å². The van der Waals surface area contributed by atoms with Crippen LogP contribution in [0.5, 0.6) is 5.75 Å². The van der Waals surface area contributed by atoms with Crippen LogP contribution in [0.3, 0.4) is 0 Å². The highest BCUT2D eigenvalue weighted by Crippen LogP contribution is 2.26. The number of nitrogens with zero attached hydrogens (tertiary/aromatic N) is 2. The molecule has 6 heteroatoms. The van der Waals surface area contributed by atoms with Crippen molar-refractivity contribution >= 4 is 17.3 Å². The third-order valence-electron chi connectivity index (χ3n) is 2.52. The summed E-state index contributed by atoms with van der Waals surface area (Å²) in [6.45, 7) is 1.51. The number of methoxy groups -OCH3 is 1. The molecule has 0 radical (unpaired) electrons. The van der Waals surface area contributed by atoms with Gasteiger partial charge in [0, 0.05) is 10.9 Å². The molecule has 0 aliphatic carbocycles. The van der Waals surface area contributed by atoms with Crippen LogP contribution in [-0.2, 0) is 4.74 Å². The van der Waals surface area contributed by atoms with Gasteiger partial charge in [-0.1, -0.05) is 0 Å². The minimum atomic E-state index is -0.784. The molecule has 1 aromatic carbocycles. The first kappa shape index (κ1) is 14.0. The first-order valence-electron chi connectivity index (χ1n) is 5.84. The summed E-state index contributed by atoms with van der Waals surface area (Å²) in [4.78, 5) is 15.9. The van der Waals surface area contributed by atoms with Crippen LogP contribution in [0.4, 0.5) is 0 Å². The van der Waals surface area contributed by atoms with Crippen LogP contribution in [0.25, 0.3) is 10.6 Å². The summed E-state index contributed by atoms with van der Waals surface area (Å²) >= 11 is 1.34. The third-order valence-corrected chi connectivity index (χ3v) is 3.41. The van der Waals surface area contributed by atoms with Crippen molar-refractivity contribution in [2.75, 3.05) is 7.11 Å². The number of hydrogen-bond donors (Lipinski definition) is 0. The Labute approximate surface area is 120 Å². The maximum Gasteiger partial charge on any atom is 0.359 e. The summed E-state index contributed by atoms with van der Waals surface area (Å²) in [5, 5.41) is 10.9. The van der Waals surface area contributed by atoms with Gasteiger partial charge in [-0.05, 0) is 31.2 Å². The Bertz CT molecular complexity index is 643. The van der Waals surface area contributed by atoms with Crippen molar-refractivity contribution in [3.8, 4) is 22.4 Å². The van der Waals surface area contributed by atoms with E-state index in [4.69, 9.17) is 14.7 Å². The lowest BCUT2D eigenvalue weighted by Crippen LogP contribution is -2.13. The largest absolute Gasteiger partial charge is 0.497 e. The lowest BCUT2D eigenvalue weighted by molar-refractivity contribution is 0.0429. The standard InChI is InChI=1S/C14H12N2O3S/c1-9(7-15)19-14(17)12-8-20-13(16-12)10-3-5-11(18-2)6-4-10/h3-6,8-9H,1-2H3/t9-/m0/s1. The van der Waals surface area contributed by atoms with Gasteiger partial charge < -0.3 is 9.47 Å². The molecule has 0 aliphatic heterocycles. The summed E-state index contributed by atoms with van der Waals surface area (Å²) in [7, 11) is 1.60. The molecule has 0 saturated carbocycles. The highest BCUT2D eigenvalue weighted by molar-refractivity contribution is 7.13. The molecule has 1 heterocycles. The van der Waals surface area contributed by atoms with Crippen LogP contribution >= 0.6 is 11.3 Å². The first-order valence-corrected chi connectivity index (χ1v) is 6.72. The summed E-state index contributed by atoms with van der Waals surface area (Å²) < 4.78 is 9.98. The molecule has 5 nitrogen and oxygen atoms in total. The van der Waals surface area contributed by atoms with Crippen LogP contribution < -0.4 is 4.74 Å². The van der Waals surface area contributed by atoms with E-state index in [1.54, 1.807) is 12.5 Å². The van der Waals surface area contributed by atoms with Crippen LogP contribution in [0.15, 0.2) is 29.6 Å². The summed E-state index contributed by atoms with van der Waals surface area (Å²) in [5.74, 6) is 0.169. The van der Waals surface area contributed by atoms with E-state index in [1.165, 1.54) is 18.3 Å². The van der Waals surface area contributed by atoms with Gasteiger partial charge in [0.2, 0.25) is 0 Å². The molecule has 0 saturated heterocycles. The van der Waals surface area contributed by atoms with Crippen LogP contribution in [0, 0.1) is 11.3 Å². The van der Waals surface area contributed by atoms with Gasteiger partial charge in [0.25, 0.3) is 0 Å². The molecule has 2 aromatic rings. The predicted molar refractivity (Wildman–Crippen MR) is 74.6 cm³/mol. The van der Waals surface area contributed by atoms with Gasteiger partial charge in [0.1, 0.15) is 16.8 Å². The minimum absolute atomic E-state index is 0.211. The quantitative estimate of drug-likeness (QED) is 0.809. The van der Waals surface area contributed by atoms with E-state index < -0.39 is 12.1 Å². The molecule has 1 aromatic heterocycles. The van der Waals surface area contributed by atoms with Crippen molar-refractivity contribution in [1.82, 2.24) is 4.98 Å². The van der Waals surface area contributed by atoms with E-state index in [-0.39, 0.29) is 5.69 Å². The smallest absolute Gasteiger partial charge is 0.359 e. The zero-order valence-corrected chi connectivity index (χ0v) is 11.8. The van der Waals surface area contributed by atoms with E-state index in [1.807, 2.05) is 30.3 Å². The van der Waals surface area contributed by atoms with Crippen molar-refractivity contribution in [3.63, 3.8) is 0 Å². The van der Waals surface area contributed by atoms with Crippen molar-refractivity contribution in [2.45, 2.75) is 13.0 Å². The second-order valence-corrected chi connectivity index (χ2v) is 4.80. The zero-order chi connectivity index (χ0) is 14.5.